The third kappa shape index (κ3) is 5.46. The summed E-state index contributed by atoms with van der Waals surface area (Å²) in [5.74, 6) is -0.540. The molecule has 1 aromatic rings. The number of benzene rings is 1. The van der Waals surface area contributed by atoms with E-state index in [2.05, 4.69) is 10.1 Å². The summed E-state index contributed by atoms with van der Waals surface area (Å²) in [7, 11) is 6.62. The molecule has 1 rings (SSSR count). The van der Waals surface area contributed by atoms with Gasteiger partial charge in [-0.15, -0.1) is 0 Å². The zero-order chi connectivity index (χ0) is 14.1. The monoisotopic (exact) mass is 261 g/mol. The summed E-state index contributed by atoms with van der Waals surface area (Å²) < 4.78 is 9.56. The van der Waals surface area contributed by atoms with Crippen LogP contribution in [0.5, 0.6) is 0 Å². The van der Waals surface area contributed by atoms with Crippen molar-refractivity contribution < 1.29 is 19.1 Å². The maximum absolute atomic E-state index is 11.5. The van der Waals surface area contributed by atoms with Crippen LogP contribution >= 0.6 is 0 Å². The molecule has 0 aliphatic carbocycles. The summed E-state index contributed by atoms with van der Waals surface area (Å²) in [5, 5.41) is 2.42. The topological polar surface area (TPSA) is 64.6 Å². The van der Waals surface area contributed by atoms with Crippen LogP contribution in [0.15, 0.2) is 30.3 Å². The zero-order valence-corrected chi connectivity index (χ0v) is 10.8. The standard InChI is InChI=1S/C13H16BNO4/c1-18-12(16)11(7-8-14)15-13(17)19-9-10-5-3-2-4-6-10/h2-6,11H,7-9H2,1H3,(H,15,17). The van der Waals surface area contributed by atoms with Gasteiger partial charge in [0.15, 0.2) is 0 Å². The van der Waals surface area contributed by atoms with Gasteiger partial charge in [0.2, 0.25) is 0 Å². The van der Waals surface area contributed by atoms with E-state index < -0.39 is 18.1 Å². The van der Waals surface area contributed by atoms with Gasteiger partial charge in [0, 0.05) is 0 Å². The zero-order valence-electron chi connectivity index (χ0n) is 10.8. The van der Waals surface area contributed by atoms with Crippen molar-refractivity contribution in [2.45, 2.75) is 25.4 Å². The van der Waals surface area contributed by atoms with Crippen LogP contribution in [0, 0.1) is 0 Å². The number of methoxy groups -OCH3 is 1. The summed E-state index contributed by atoms with van der Waals surface area (Å²) in [6, 6.07) is 8.47. The molecule has 19 heavy (non-hydrogen) atoms. The molecule has 0 bridgehead atoms. The molecule has 0 aliphatic heterocycles. The molecule has 0 saturated carbocycles. The van der Waals surface area contributed by atoms with Gasteiger partial charge in [-0.3, -0.25) is 0 Å². The third-order valence-electron chi connectivity index (χ3n) is 2.45. The Morgan fingerprint density at radius 1 is 1.32 bits per heavy atom. The molecule has 6 heteroatoms. The average Bonchev–Trinajstić information content (AvgIpc) is 2.45. The van der Waals surface area contributed by atoms with Crippen molar-refractivity contribution in [3.63, 3.8) is 0 Å². The van der Waals surface area contributed by atoms with Crippen molar-refractivity contribution >= 4 is 19.9 Å². The Balaban J connectivity index is 2.42. The van der Waals surface area contributed by atoms with Crippen LogP contribution in [0.4, 0.5) is 4.79 Å². The van der Waals surface area contributed by atoms with E-state index >= 15 is 0 Å². The second-order valence-corrected chi connectivity index (χ2v) is 3.86. The SMILES string of the molecule is [B]CCC(NC(=O)OCc1ccccc1)C(=O)OC. The number of nitrogens with one attached hydrogen (secondary N) is 1. The smallest absolute Gasteiger partial charge is 0.408 e. The van der Waals surface area contributed by atoms with Gasteiger partial charge in [0.25, 0.3) is 0 Å². The van der Waals surface area contributed by atoms with Gasteiger partial charge in [-0.25, -0.2) is 9.59 Å². The first-order valence-electron chi connectivity index (χ1n) is 5.92. The van der Waals surface area contributed by atoms with Crippen molar-refractivity contribution in [1.82, 2.24) is 5.32 Å². The minimum atomic E-state index is -0.779. The predicted molar refractivity (Wildman–Crippen MR) is 70.7 cm³/mol. The van der Waals surface area contributed by atoms with E-state index in [1.54, 1.807) is 0 Å². The minimum Gasteiger partial charge on any atom is -0.467 e. The fourth-order valence-corrected chi connectivity index (χ4v) is 1.46. The highest BCUT2D eigenvalue weighted by molar-refractivity contribution is 6.08. The van der Waals surface area contributed by atoms with Crippen LogP contribution in [-0.4, -0.2) is 33.1 Å². The second-order valence-electron chi connectivity index (χ2n) is 3.86. The lowest BCUT2D eigenvalue weighted by Gasteiger charge is -2.15. The second kappa shape index (κ2) is 8.18. The molecule has 0 saturated heterocycles. The number of amides is 1. The van der Waals surface area contributed by atoms with Gasteiger partial charge in [-0.2, -0.15) is 0 Å². The average molecular weight is 261 g/mol. The molecule has 0 aliphatic rings. The number of ether oxygens (including phenoxy) is 2. The predicted octanol–water partition coefficient (Wildman–Crippen LogP) is 1.43. The van der Waals surface area contributed by atoms with E-state index in [0.29, 0.717) is 6.42 Å². The number of esters is 1. The number of alkyl carbamates (subject to hydrolysis) is 1. The number of hydrogen-bond donors (Lipinski definition) is 1. The molecule has 0 aromatic heterocycles. The fourth-order valence-electron chi connectivity index (χ4n) is 1.46. The largest absolute Gasteiger partial charge is 0.467 e. The summed E-state index contributed by atoms with van der Waals surface area (Å²) >= 11 is 0. The van der Waals surface area contributed by atoms with Crippen LogP contribution in [0.25, 0.3) is 0 Å². The molecule has 2 radical (unpaired) electrons. The van der Waals surface area contributed by atoms with Crippen molar-refractivity contribution in [1.29, 1.82) is 0 Å². The summed E-state index contributed by atoms with van der Waals surface area (Å²) in [6.07, 6.45) is -0.112. The first kappa shape index (κ1) is 15.1. The Morgan fingerprint density at radius 2 is 2.00 bits per heavy atom. The molecule has 1 aromatic carbocycles. The quantitative estimate of drug-likeness (QED) is 0.621. The van der Waals surface area contributed by atoms with Crippen molar-refractivity contribution in [2.75, 3.05) is 7.11 Å². The lowest BCUT2D eigenvalue weighted by molar-refractivity contribution is -0.143. The highest BCUT2D eigenvalue weighted by atomic mass is 16.6. The van der Waals surface area contributed by atoms with Crippen LogP contribution in [0.1, 0.15) is 12.0 Å². The molecular formula is C13H16BNO4. The Kier molecular flexibility index (Phi) is 6.50. The first-order valence-corrected chi connectivity index (χ1v) is 5.92. The van der Waals surface area contributed by atoms with Gasteiger partial charge in [0.05, 0.1) is 15.0 Å². The molecule has 0 fully saturated rings. The van der Waals surface area contributed by atoms with E-state index in [1.807, 2.05) is 30.3 Å². The third-order valence-corrected chi connectivity index (χ3v) is 2.45. The Hall–Kier alpha value is -1.98. The summed E-state index contributed by atoms with van der Waals surface area (Å²) in [5.41, 5.74) is 0.867. The van der Waals surface area contributed by atoms with Gasteiger partial charge in [-0.05, 0) is 12.0 Å². The van der Waals surface area contributed by atoms with Gasteiger partial charge in [0.1, 0.15) is 12.6 Å². The number of carbonyl (C=O) groups is 2. The van der Waals surface area contributed by atoms with Crippen molar-refractivity contribution in [3.8, 4) is 0 Å². The summed E-state index contributed by atoms with van der Waals surface area (Å²) in [6.45, 7) is 0.142. The molecule has 1 atom stereocenters. The van der Waals surface area contributed by atoms with Crippen molar-refractivity contribution in [2.24, 2.45) is 0 Å². The van der Waals surface area contributed by atoms with E-state index in [4.69, 9.17) is 12.6 Å². The lowest BCUT2D eigenvalue weighted by Crippen LogP contribution is -2.41. The molecule has 1 N–H and O–H groups in total. The Bertz CT molecular complexity index is 410. The molecule has 1 amide bonds. The van der Waals surface area contributed by atoms with E-state index in [0.717, 1.165) is 5.56 Å². The first-order chi connectivity index (χ1) is 9.17. The number of hydrogen-bond acceptors (Lipinski definition) is 4. The Morgan fingerprint density at radius 3 is 2.58 bits per heavy atom. The number of carbonyl (C=O) groups excluding carboxylic acids is 2. The maximum Gasteiger partial charge on any atom is 0.408 e. The normalized spacial score (nSPS) is 11.4. The maximum atomic E-state index is 11.5. The fraction of sp³-hybridized carbons (Fsp3) is 0.385. The van der Waals surface area contributed by atoms with Gasteiger partial charge < -0.3 is 14.8 Å². The van der Waals surface area contributed by atoms with Gasteiger partial charge in [-0.1, -0.05) is 36.7 Å². The molecule has 5 nitrogen and oxygen atoms in total. The van der Waals surface area contributed by atoms with Crippen LogP contribution in [-0.2, 0) is 20.9 Å². The molecule has 0 spiro atoms. The van der Waals surface area contributed by atoms with Gasteiger partial charge >= 0.3 is 12.1 Å². The molecular weight excluding hydrogens is 245 g/mol. The molecule has 0 heterocycles. The van der Waals surface area contributed by atoms with E-state index in [-0.39, 0.29) is 12.9 Å². The van der Waals surface area contributed by atoms with Crippen LogP contribution < -0.4 is 5.32 Å². The van der Waals surface area contributed by atoms with Crippen molar-refractivity contribution in [3.05, 3.63) is 35.9 Å². The number of rotatable bonds is 6. The lowest BCUT2D eigenvalue weighted by atomic mass is 9.98. The highest BCUT2D eigenvalue weighted by Gasteiger charge is 2.20. The van der Waals surface area contributed by atoms with E-state index in [1.165, 1.54) is 7.11 Å². The van der Waals surface area contributed by atoms with Crippen LogP contribution in [0.3, 0.4) is 0 Å². The highest BCUT2D eigenvalue weighted by Crippen LogP contribution is 2.02. The summed E-state index contributed by atoms with van der Waals surface area (Å²) in [4.78, 5) is 22.9. The van der Waals surface area contributed by atoms with Crippen LogP contribution in [0.2, 0.25) is 6.32 Å². The van der Waals surface area contributed by atoms with E-state index in [9.17, 15) is 9.59 Å². The molecule has 100 valence electrons. The Labute approximate surface area is 113 Å². The minimum absolute atomic E-state index is 0.142. The molecule has 1 unspecified atom stereocenters.